The number of alkyl halides is 5. The third-order valence-electron chi connectivity index (χ3n) is 5.19. The van der Waals surface area contributed by atoms with E-state index in [0.29, 0.717) is 4.80 Å². The zero-order chi connectivity index (χ0) is 30.8. The number of carbonyl (C=O) groups excluding carboxylic acids is 2. The molecule has 0 bridgehead atoms. The molecular formula is C22H12Cl3F5N10O2. The Morgan fingerprint density at radius 1 is 1.02 bits per heavy atom. The van der Waals surface area contributed by atoms with Gasteiger partial charge < -0.3 is 10.6 Å². The third-order valence-corrected chi connectivity index (χ3v) is 6.00. The molecule has 42 heavy (non-hydrogen) atoms. The van der Waals surface area contributed by atoms with E-state index in [0.717, 1.165) is 10.7 Å². The maximum absolute atomic E-state index is 13.6. The van der Waals surface area contributed by atoms with Gasteiger partial charge in [0.2, 0.25) is 0 Å². The molecule has 0 saturated carbocycles. The van der Waals surface area contributed by atoms with Gasteiger partial charge in [-0.05, 0) is 35.5 Å². The van der Waals surface area contributed by atoms with Gasteiger partial charge in [-0.3, -0.25) is 9.59 Å². The second-order valence-corrected chi connectivity index (χ2v) is 9.31. The molecule has 0 saturated heterocycles. The van der Waals surface area contributed by atoms with Crippen LogP contribution in [0, 0.1) is 11.3 Å². The first-order chi connectivity index (χ1) is 19.7. The fourth-order valence-electron chi connectivity index (χ4n) is 3.34. The minimum absolute atomic E-state index is 0.0216. The molecular weight excluding hydrogens is 638 g/mol. The van der Waals surface area contributed by atoms with Crippen LogP contribution in [0.1, 0.15) is 32.4 Å². The van der Waals surface area contributed by atoms with Gasteiger partial charge in [0.05, 0.1) is 33.1 Å². The summed E-state index contributed by atoms with van der Waals surface area (Å²) >= 11 is 18.5. The Morgan fingerprint density at radius 2 is 1.76 bits per heavy atom. The number of anilines is 1. The van der Waals surface area contributed by atoms with E-state index >= 15 is 0 Å². The van der Waals surface area contributed by atoms with Crippen LogP contribution in [0.15, 0.2) is 36.5 Å². The molecule has 1 aromatic carbocycles. The highest BCUT2D eigenvalue weighted by Gasteiger charge is 2.62. The number of halogens is 8. The van der Waals surface area contributed by atoms with Crippen molar-refractivity contribution in [3.63, 3.8) is 0 Å². The van der Waals surface area contributed by atoms with Crippen LogP contribution in [-0.2, 0) is 12.5 Å². The molecule has 2 amide bonds. The SMILES string of the molecule is N#CCNC(=O)c1cc(Cl)cc(Cl)c1NC(=O)c1cc(Cn2nnc(C(F)(F)C(F)(F)F)n2)nn1-c1ncccc1Cl. The molecule has 12 nitrogen and oxygen atoms in total. The summed E-state index contributed by atoms with van der Waals surface area (Å²) in [6, 6.07) is 8.18. The number of nitriles is 1. The lowest BCUT2D eigenvalue weighted by Crippen LogP contribution is -2.35. The van der Waals surface area contributed by atoms with Gasteiger partial charge in [-0.1, -0.05) is 34.8 Å². The molecule has 0 aliphatic heterocycles. The van der Waals surface area contributed by atoms with Crippen molar-refractivity contribution in [2.24, 2.45) is 0 Å². The van der Waals surface area contributed by atoms with Crippen molar-refractivity contribution in [1.82, 2.24) is 40.3 Å². The number of hydrogen-bond acceptors (Lipinski definition) is 8. The van der Waals surface area contributed by atoms with Crippen molar-refractivity contribution in [2.75, 3.05) is 11.9 Å². The van der Waals surface area contributed by atoms with E-state index in [2.05, 4.69) is 36.1 Å². The van der Waals surface area contributed by atoms with Gasteiger partial charge in [0.1, 0.15) is 18.8 Å². The Kier molecular flexibility index (Phi) is 8.61. The van der Waals surface area contributed by atoms with Crippen LogP contribution in [0.5, 0.6) is 0 Å². The Labute approximate surface area is 246 Å². The molecule has 4 aromatic rings. The largest absolute Gasteiger partial charge is 0.461 e. The van der Waals surface area contributed by atoms with E-state index in [1.807, 2.05) is 0 Å². The maximum atomic E-state index is 13.6. The predicted octanol–water partition coefficient (Wildman–Crippen LogP) is 4.42. The molecule has 0 atom stereocenters. The zero-order valence-electron chi connectivity index (χ0n) is 20.3. The minimum Gasteiger partial charge on any atom is -0.339 e. The van der Waals surface area contributed by atoms with E-state index in [9.17, 15) is 31.5 Å². The second kappa shape index (κ2) is 11.8. The van der Waals surface area contributed by atoms with Gasteiger partial charge in [0, 0.05) is 11.2 Å². The van der Waals surface area contributed by atoms with Crippen molar-refractivity contribution in [1.29, 1.82) is 5.26 Å². The van der Waals surface area contributed by atoms with E-state index in [4.69, 9.17) is 40.1 Å². The molecule has 4 rings (SSSR count). The number of amides is 2. The lowest BCUT2D eigenvalue weighted by molar-refractivity contribution is -0.292. The van der Waals surface area contributed by atoms with Crippen LogP contribution < -0.4 is 10.6 Å². The summed E-state index contributed by atoms with van der Waals surface area (Å²) in [5, 5.41) is 26.7. The topological polar surface area (TPSA) is 156 Å². The predicted molar refractivity (Wildman–Crippen MR) is 136 cm³/mol. The summed E-state index contributed by atoms with van der Waals surface area (Å²) in [6.07, 6.45) is -4.64. The van der Waals surface area contributed by atoms with Crippen molar-refractivity contribution >= 4 is 52.3 Å². The Morgan fingerprint density at radius 3 is 2.43 bits per heavy atom. The first-order valence-electron chi connectivity index (χ1n) is 11.1. The summed E-state index contributed by atoms with van der Waals surface area (Å²) in [5.41, 5.74) is -0.792. The monoisotopic (exact) mass is 648 g/mol. The summed E-state index contributed by atoms with van der Waals surface area (Å²) in [5.74, 6) is -9.06. The van der Waals surface area contributed by atoms with Gasteiger partial charge in [0.25, 0.3) is 17.6 Å². The minimum atomic E-state index is -5.96. The van der Waals surface area contributed by atoms with Gasteiger partial charge in [-0.2, -0.15) is 37.1 Å². The molecule has 0 fully saturated rings. The summed E-state index contributed by atoms with van der Waals surface area (Å²) in [6.45, 7) is -0.972. The highest BCUT2D eigenvalue weighted by Crippen LogP contribution is 2.42. The van der Waals surface area contributed by atoms with Crippen LogP contribution in [0.3, 0.4) is 0 Å². The number of aromatic nitrogens is 7. The fourth-order valence-corrected chi connectivity index (χ4v) is 4.09. The molecule has 0 spiro atoms. The molecule has 3 aromatic heterocycles. The van der Waals surface area contributed by atoms with Crippen molar-refractivity contribution in [3.8, 4) is 11.9 Å². The van der Waals surface area contributed by atoms with Gasteiger partial charge in [-0.25, -0.2) is 9.67 Å². The standard InChI is InChI=1S/C22H12Cl3F5N10O2/c23-10-6-12(18(41)33-5-3-31)16(14(25)7-10)34-19(42)15-8-11(36-40(15)17-13(24)2-1-4-32-17)9-39-37-20(35-38-39)21(26,27)22(28,29)30/h1-2,4,6-8H,5,9H2,(H,33,41)(H,34,42). The molecule has 0 aliphatic carbocycles. The average Bonchev–Trinajstić information content (AvgIpc) is 3.56. The van der Waals surface area contributed by atoms with Crippen LogP contribution in [0.2, 0.25) is 15.1 Å². The first-order valence-corrected chi connectivity index (χ1v) is 12.2. The van der Waals surface area contributed by atoms with Gasteiger partial charge in [-0.15, -0.1) is 10.2 Å². The zero-order valence-corrected chi connectivity index (χ0v) is 22.6. The number of hydrogen-bond donors (Lipinski definition) is 2. The molecule has 0 radical (unpaired) electrons. The molecule has 0 aliphatic rings. The Balaban J connectivity index is 1.73. The summed E-state index contributed by atoms with van der Waals surface area (Å²) in [4.78, 5) is 30.5. The lowest BCUT2D eigenvalue weighted by Gasteiger charge is -2.14. The molecule has 0 unspecified atom stereocenters. The molecule has 3 heterocycles. The van der Waals surface area contributed by atoms with Gasteiger partial charge >= 0.3 is 12.1 Å². The smallest absolute Gasteiger partial charge is 0.339 e. The fraction of sp³-hybridized carbons (Fsp3) is 0.182. The van der Waals surface area contributed by atoms with Crippen molar-refractivity contribution in [2.45, 2.75) is 18.6 Å². The van der Waals surface area contributed by atoms with E-state index in [-0.39, 0.29) is 50.1 Å². The molecule has 218 valence electrons. The maximum Gasteiger partial charge on any atom is 0.461 e. The van der Waals surface area contributed by atoms with Crippen LogP contribution >= 0.6 is 34.8 Å². The van der Waals surface area contributed by atoms with E-state index in [1.54, 1.807) is 6.07 Å². The number of pyridine rings is 1. The average molecular weight is 650 g/mol. The normalized spacial score (nSPS) is 11.7. The molecule has 20 heteroatoms. The number of nitrogens with zero attached hydrogens (tertiary/aromatic N) is 8. The van der Waals surface area contributed by atoms with Crippen LogP contribution in [0.4, 0.5) is 27.6 Å². The first kappa shape index (κ1) is 30.6. The highest BCUT2D eigenvalue weighted by molar-refractivity contribution is 6.38. The lowest BCUT2D eigenvalue weighted by atomic mass is 10.1. The Hall–Kier alpha value is -4.40. The van der Waals surface area contributed by atoms with E-state index < -0.39 is 36.3 Å². The number of benzene rings is 1. The number of nitrogens with one attached hydrogen (secondary N) is 2. The van der Waals surface area contributed by atoms with Crippen LogP contribution in [-0.4, -0.2) is 59.5 Å². The second-order valence-electron chi connectivity index (χ2n) is 8.06. The number of carbonyl (C=O) groups is 2. The highest BCUT2D eigenvalue weighted by atomic mass is 35.5. The Bertz CT molecular complexity index is 1720. The third kappa shape index (κ3) is 6.25. The number of rotatable bonds is 8. The van der Waals surface area contributed by atoms with Crippen LogP contribution in [0.25, 0.3) is 5.82 Å². The van der Waals surface area contributed by atoms with Crippen molar-refractivity contribution in [3.05, 3.63) is 74.4 Å². The van der Waals surface area contributed by atoms with Crippen molar-refractivity contribution < 1.29 is 31.5 Å². The van der Waals surface area contributed by atoms with E-state index in [1.165, 1.54) is 30.5 Å². The number of tetrazole rings is 1. The summed E-state index contributed by atoms with van der Waals surface area (Å²) < 4.78 is 66.3. The quantitative estimate of drug-likeness (QED) is 0.210. The summed E-state index contributed by atoms with van der Waals surface area (Å²) in [7, 11) is 0. The molecule has 2 N–H and O–H groups in total. The van der Waals surface area contributed by atoms with Gasteiger partial charge in [0.15, 0.2) is 5.82 Å².